The van der Waals surface area contributed by atoms with E-state index < -0.39 is 5.82 Å². The molecule has 1 amide bonds. The van der Waals surface area contributed by atoms with Crippen LogP contribution >= 0.6 is 0 Å². The lowest BCUT2D eigenvalue weighted by atomic mass is 10.1. The number of carbonyl (C=O) groups is 1. The maximum Gasteiger partial charge on any atom is 0.258 e. The van der Waals surface area contributed by atoms with E-state index in [0.717, 1.165) is 16.8 Å². The average Bonchev–Trinajstić information content (AvgIpc) is 2.46. The number of hydrogen-bond acceptors (Lipinski definition) is 2. The molecule has 0 saturated heterocycles. The maximum atomic E-state index is 13.8. The molecule has 2 aromatic carbocycles. The minimum atomic E-state index is -0.537. The average molecular weight is 301 g/mol. The van der Waals surface area contributed by atoms with Crippen molar-refractivity contribution in [1.29, 1.82) is 0 Å². The number of halogens is 1. The van der Waals surface area contributed by atoms with Crippen LogP contribution in [0.3, 0.4) is 0 Å². The Morgan fingerprint density at radius 1 is 1.14 bits per heavy atom. The topological polar surface area (TPSA) is 29.5 Å². The summed E-state index contributed by atoms with van der Waals surface area (Å²) in [6, 6.07) is 10.2. The number of aryl methyl sites for hydroxylation is 2. The minimum absolute atomic E-state index is 0.131. The zero-order valence-electron chi connectivity index (χ0n) is 13.3. The van der Waals surface area contributed by atoms with Gasteiger partial charge in [-0.25, -0.2) is 4.39 Å². The van der Waals surface area contributed by atoms with E-state index in [2.05, 4.69) is 6.07 Å². The summed E-state index contributed by atoms with van der Waals surface area (Å²) in [5.74, 6) is -0.634. The van der Waals surface area contributed by atoms with E-state index in [1.54, 1.807) is 11.0 Å². The lowest BCUT2D eigenvalue weighted by Gasteiger charge is -2.22. The molecule has 22 heavy (non-hydrogen) atoms. The van der Waals surface area contributed by atoms with Gasteiger partial charge in [0.2, 0.25) is 0 Å². The van der Waals surface area contributed by atoms with Crippen molar-refractivity contribution in [3.8, 4) is 5.75 Å². The molecule has 2 rings (SSSR count). The number of rotatable bonds is 4. The quantitative estimate of drug-likeness (QED) is 0.850. The highest BCUT2D eigenvalue weighted by Gasteiger charge is 2.18. The Labute approximate surface area is 130 Å². The number of hydrogen-bond donors (Lipinski definition) is 0. The molecule has 0 fully saturated rings. The first-order valence-electron chi connectivity index (χ1n) is 7.20. The van der Waals surface area contributed by atoms with E-state index in [0.29, 0.717) is 12.1 Å². The highest BCUT2D eigenvalue weighted by molar-refractivity contribution is 6.06. The number of methoxy groups -OCH3 is 1. The van der Waals surface area contributed by atoms with Crippen molar-refractivity contribution in [3.05, 3.63) is 58.9 Å². The molecule has 0 N–H and O–H groups in total. The Hall–Kier alpha value is -2.36. The van der Waals surface area contributed by atoms with Gasteiger partial charge in [0, 0.05) is 17.8 Å². The van der Waals surface area contributed by atoms with Crippen molar-refractivity contribution in [2.45, 2.75) is 20.8 Å². The fourth-order valence-electron chi connectivity index (χ4n) is 2.51. The molecule has 0 heterocycles. The van der Waals surface area contributed by atoms with E-state index in [4.69, 9.17) is 4.74 Å². The summed E-state index contributed by atoms with van der Waals surface area (Å²) in [6.45, 7) is 6.38. The van der Waals surface area contributed by atoms with Gasteiger partial charge in [0.25, 0.3) is 5.91 Å². The zero-order chi connectivity index (χ0) is 16.3. The second-order valence-corrected chi connectivity index (χ2v) is 5.24. The third-order valence-corrected chi connectivity index (χ3v) is 3.48. The van der Waals surface area contributed by atoms with Crippen molar-refractivity contribution < 1.29 is 13.9 Å². The van der Waals surface area contributed by atoms with E-state index in [1.807, 2.05) is 32.9 Å². The van der Waals surface area contributed by atoms with Gasteiger partial charge in [0.1, 0.15) is 0 Å². The van der Waals surface area contributed by atoms with Gasteiger partial charge in [-0.15, -0.1) is 0 Å². The number of carbonyl (C=O) groups excluding carboxylic acids is 1. The number of amides is 1. The van der Waals surface area contributed by atoms with Gasteiger partial charge in [0.05, 0.1) is 7.11 Å². The minimum Gasteiger partial charge on any atom is -0.494 e. The van der Waals surface area contributed by atoms with Gasteiger partial charge in [-0.3, -0.25) is 4.79 Å². The molecular weight excluding hydrogens is 281 g/mol. The van der Waals surface area contributed by atoms with Crippen LogP contribution < -0.4 is 9.64 Å². The largest absolute Gasteiger partial charge is 0.494 e. The molecule has 0 bridgehead atoms. The first-order chi connectivity index (χ1) is 10.5. The molecule has 0 spiro atoms. The van der Waals surface area contributed by atoms with Crippen LogP contribution in [-0.4, -0.2) is 19.6 Å². The molecule has 2 aromatic rings. The fraction of sp³-hybridized carbons (Fsp3) is 0.278. The lowest BCUT2D eigenvalue weighted by molar-refractivity contribution is 0.0988. The highest BCUT2D eigenvalue weighted by Crippen LogP contribution is 2.23. The van der Waals surface area contributed by atoms with Crippen LogP contribution in [0.15, 0.2) is 36.4 Å². The summed E-state index contributed by atoms with van der Waals surface area (Å²) in [6.07, 6.45) is 0. The van der Waals surface area contributed by atoms with E-state index >= 15 is 0 Å². The Kier molecular flexibility index (Phi) is 4.81. The molecule has 0 unspecified atom stereocenters. The standard InChI is InChI=1S/C18H20FNO2/c1-5-20(15-9-12(2)8-13(3)10-15)18(21)14-6-7-17(22-4)16(19)11-14/h6-11H,5H2,1-4H3. The van der Waals surface area contributed by atoms with Crippen LogP contribution in [0.5, 0.6) is 5.75 Å². The Morgan fingerprint density at radius 2 is 1.77 bits per heavy atom. The summed E-state index contributed by atoms with van der Waals surface area (Å²) in [5.41, 5.74) is 3.30. The van der Waals surface area contributed by atoms with E-state index in [1.165, 1.54) is 19.2 Å². The molecule has 0 saturated carbocycles. The van der Waals surface area contributed by atoms with Crippen LogP contribution in [-0.2, 0) is 0 Å². The molecular formula is C18H20FNO2. The smallest absolute Gasteiger partial charge is 0.258 e. The van der Waals surface area contributed by atoms with E-state index in [9.17, 15) is 9.18 Å². The molecule has 0 radical (unpaired) electrons. The maximum absolute atomic E-state index is 13.8. The normalized spacial score (nSPS) is 10.4. The molecule has 4 heteroatoms. The van der Waals surface area contributed by atoms with Crippen LogP contribution in [0.4, 0.5) is 10.1 Å². The summed E-state index contributed by atoms with van der Waals surface area (Å²) in [5, 5.41) is 0. The Morgan fingerprint density at radius 3 is 2.27 bits per heavy atom. The second-order valence-electron chi connectivity index (χ2n) is 5.24. The van der Waals surface area contributed by atoms with Crippen LogP contribution in [0.25, 0.3) is 0 Å². The van der Waals surface area contributed by atoms with Crippen LogP contribution in [0.2, 0.25) is 0 Å². The summed E-state index contributed by atoms with van der Waals surface area (Å²) in [4.78, 5) is 14.3. The van der Waals surface area contributed by atoms with Crippen LogP contribution in [0, 0.1) is 19.7 Å². The van der Waals surface area contributed by atoms with Crippen molar-refractivity contribution in [2.75, 3.05) is 18.6 Å². The molecule has 0 aliphatic carbocycles. The summed E-state index contributed by atoms with van der Waals surface area (Å²) >= 11 is 0. The molecule has 0 aliphatic rings. The summed E-state index contributed by atoms with van der Waals surface area (Å²) in [7, 11) is 1.40. The van der Waals surface area contributed by atoms with Gasteiger partial charge in [-0.05, 0) is 62.2 Å². The third kappa shape index (κ3) is 3.27. The number of nitrogens with zero attached hydrogens (tertiary/aromatic N) is 1. The molecule has 0 aliphatic heterocycles. The third-order valence-electron chi connectivity index (χ3n) is 3.48. The zero-order valence-corrected chi connectivity index (χ0v) is 13.3. The van der Waals surface area contributed by atoms with Crippen molar-refractivity contribution in [3.63, 3.8) is 0 Å². The van der Waals surface area contributed by atoms with Gasteiger partial charge in [-0.1, -0.05) is 6.07 Å². The van der Waals surface area contributed by atoms with Gasteiger partial charge in [-0.2, -0.15) is 0 Å². The van der Waals surface area contributed by atoms with Crippen molar-refractivity contribution in [2.24, 2.45) is 0 Å². The Balaban J connectivity index is 2.38. The SMILES string of the molecule is CCN(C(=O)c1ccc(OC)c(F)c1)c1cc(C)cc(C)c1. The van der Waals surface area contributed by atoms with Crippen molar-refractivity contribution >= 4 is 11.6 Å². The molecule has 3 nitrogen and oxygen atoms in total. The lowest BCUT2D eigenvalue weighted by Crippen LogP contribution is -2.30. The first-order valence-corrected chi connectivity index (χ1v) is 7.20. The molecule has 116 valence electrons. The molecule has 0 atom stereocenters. The van der Waals surface area contributed by atoms with Crippen LogP contribution in [0.1, 0.15) is 28.4 Å². The number of ether oxygens (including phenoxy) is 1. The highest BCUT2D eigenvalue weighted by atomic mass is 19.1. The second kappa shape index (κ2) is 6.60. The van der Waals surface area contributed by atoms with E-state index in [-0.39, 0.29) is 11.7 Å². The summed E-state index contributed by atoms with van der Waals surface area (Å²) < 4.78 is 18.7. The van der Waals surface area contributed by atoms with Gasteiger partial charge >= 0.3 is 0 Å². The predicted molar refractivity (Wildman–Crippen MR) is 86.2 cm³/mol. The molecule has 0 aromatic heterocycles. The fourth-order valence-corrected chi connectivity index (χ4v) is 2.51. The Bertz CT molecular complexity index is 677. The monoisotopic (exact) mass is 301 g/mol. The predicted octanol–water partition coefficient (Wildman–Crippen LogP) is 4.12. The number of anilines is 1. The van der Waals surface area contributed by atoms with Gasteiger partial charge in [0.15, 0.2) is 11.6 Å². The number of benzene rings is 2. The van der Waals surface area contributed by atoms with Crippen molar-refractivity contribution in [1.82, 2.24) is 0 Å². The van der Waals surface area contributed by atoms with Gasteiger partial charge < -0.3 is 9.64 Å². The first kappa shape index (κ1) is 16.0.